The summed E-state index contributed by atoms with van der Waals surface area (Å²) in [5, 5.41) is 1.21. The molecule has 1 aromatic rings. The second-order valence-electron chi connectivity index (χ2n) is 2.68. The second-order valence-corrected chi connectivity index (χ2v) is 4.40. The Morgan fingerprint density at radius 2 is 1.86 bits per heavy atom. The van der Waals surface area contributed by atoms with E-state index in [1.165, 1.54) is 16.3 Å². The topological polar surface area (TPSA) is 29.5 Å². The van der Waals surface area contributed by atoms with Crippen LogP contribution in [0.25, 0.3) is 0 Å². The number of carbonyl (C=O) groups is 1. The van der Waals surface area contributed by atoms with Crippen LogP contribution in [0.2, 0.25) is 0 Å². The number of halogens is 1. The fourth-order valence-electron chi connectivity index (χ4n) is 0.912. The molecule has 0 bridgehead atoms. The zero-order valence-electron chi connectivity index (χ0n) is 8.16. The molecule has 0 saturated carbocycles. The van der Waals surface area contributed by atoms with Gasteiger partial charge in [0.05, 0.1) is 0 Å². The molecule has 0 saturated heterocycles. The van der Waals surface area contributed by atoms with Crippen molar-refractivity contribution in [2.75, 3.05) is 14.2 Å². The molecule has 0 heterocycles. The molecule has 14 heavy (non-hydrogen) atoms. The number of hydrogen-bond donors (Lipinski definition) is 0. The summed E-state index contributed by atoms with van der Waals surface area (Å²) in [5.41, 5.74) is 0.654. The van der Waals surface area contributed by atoms with Gasteiger partial charge in [0.15, 0.2) is 0 Å². The van der Waals surface area contributed by atoms with Crippen LogP contribution in [0.5, 0.6) is 0 Å². The molecule has 0 atom stereocenters. The van der Waals surface area contributed by atoms with Gasteiger partial charge in [-0.05, 0) is 0 Å². The standard InChI is InChI=1S/C9H10NO2.HI.Zn/c1-10(12-2)9(11)8-6-4-3-5-7-8;;/h4-7H,1-2H3;1H;/q;;+1/p-1. The minimum atomic E-state index is -0.123. The van der Waals surface area contributed by atoms with Crippen LogP contribution in [0, 0.1) is 0 Å². The zero-order valence-corrected chi connectivity index (χ0v) is 13.3. The van der Waals surface area contributed by atoms with E-state index < -0.39 is 0 Å². The van der Waals surface area contributed by atoms with E-state index in [9.17, 15) is 4.79 Å². The first-order chi connectivity index (χ1) is 6.15. The fraction of sp³-hybridized carbons (Fsp3) is 0.222. The SMILES string of the molecule is CON(C)C(=O)c1cc[c]([Zn+])cc1.[I-]. The quantitative estimate of drug-likeness (QED) is 0.333. The maximum atomic E-state index is 11.5. The molecular formula is C9H10INO2Zn. The maximum absolute atomic E-state index is 11.5. The molecule has 1 aromatic carbocycles. The Labute approximate surface area is 110 Å². The van der Waals surface area contributed by atoms with Crippen molar-refractivity contribution in [2.45, 2.75) is 0 Å². The number of hydroxylamine groups is 2. The van der Waals surface area contributed by atoms with Gasteiger partial charge in [0.1, 0.15) is 0 Å². The van der Waals surface area contributed by atoms with Crippen LogP contribution in [0.3, 0.4) is 0 Å². The average Bonchev–Trinajstić information content (AvgIpc) is 2.17. The Bertz CT molecular complexity index is 302. The van der Waals surface area contributed by atoms with Gasteiger partial charge in [-0.3, -0.25) is 0 Å². The van der Waals surface area contributed by atoms with E-state index in [2.05, 4.69) is 0 Å². The molecule has 0 aliphatic heterocycles. The third-order valence-electron chi connectivity index (χ3n) is 1.76. The van der Waals surface area contributed by atoms with E-state index >= 15 is 0 Å². The van der Waals surface area contributed by atoms with Crippen LogP contribution in [-0.4, -0.2) is 25.1 Å². The van der Waals surface area contributed by atoms with Crippen LogP contribution in [0.4, 0.5) is 0 Å². The molecular weight excluding hydrogens is 346 g/mol. The first-order valence-electron chi connectivity index (χ1n) is 3.89. The summed E-state index contributed by atoms with van der Waals surface area (Å²) in [5.74, 6) is -0.123. The smallest absolute Gasteiger partial charge is 1.00 e. The van der Waals surface area contributed by atoms with E-state index in [1.807, 2.05) is 24.3 Å². The summed E-state index contributed by atoms with van der Waals surface area (Å²) in [6, 6.07) is 7.54. The van der Waals surface area contributed by atoms with Gasteiger partial charge in [0.2, 0.25) is 0 Å². The summed E-state index contributed by atoms with van der Waals surface area (Å²) in [6.07, 6.45) is 0. The number of nitrogens with zero attached hydrogens (tertiary/aromatic N) is 1. The number of benzene rings is 1. The fourth-order valence-corrected chi connectivity index (χ4v) is 1.41. The first-order valence-corrected chi connectivity index (χ1v) is 5.37. The minimum Gasteiger partial charge on any atom is -1.00 e. The van der Waals surface area contributed by atoms with E-state index in [0.29, 0.717) is 5.56 Å². The van der Waals surface area contributed by atoms with Crippen LogP contribution in [0.1, 0.15) is 10.4 Å². The Hall–Kier alpha value is 0.00338. The number of amides is 1. The van der Waals surface area contributed by atoms with E-state index in [0.717, 1.165) is 18.3 Å². The predicted molar refractivity (Wildman–Crippen MR) is 45.2 cm³/mol. The summed E-state index contributed by atoms with van der Waals surface area (Å²) < 4.78 is 1.26. The monoisotopic (exact) mass is 355 g/mol. The third-order valence-corrected chi connectivity index (χ3v) is 2.75. The van der Waals surface area contributed by atoms with Gasteiger partial charge in [-0.1, -0.05) is 0 Å². The number of hydrogen-bond acceptors (Lipinski definition) is 2. The molecule has 0 fully saturated rings. The Morgan fingerprint density at radius 1 is 1.36 bits per heavy atom. The zero-order chi connectivity index (χ0) is 9.84. The molecule has 3 nitrogen and oxygen atoms in total. The van der Waals surface area contributed by atoms with Gasteiger partial charge in [-0.25, -0.2) is 0 Å². The molecule has 1 amide bonds. The van der Waals surface area contributed by atoms with Crippen molar-refractivity contribution in [3.05, 3.63) is 29.8 Å². The molecule has 0 radical (unpaired) electrons. The van der Waals surface area contributed by atoms with Crippen molar-refractivity contribution in [3.63, 3.8) is 0 Å². The molecule has 0 aliphatic carbocycles. The summed E-state index contributed by atoms with van der Waals surface area (Å²) >= 11 is 1.11. The Kier molecular flexibility index (Phi) is 6.48. The van der Waals surface area contributed by atoms with Crippen LogP contribution in [-0.2, 0) is 23.1 Å². The van der Waals surface area contributed by atoms with Crippen molar-refractivity contribution >= 4 is 10.1 Å². The summed E-state index contributed by atoms with van der Waals surface area (Å²) in [6.45, 7) is 0. The Morgan fingerprint density at radius 3 is 2.29 bits per heavy atom. The van der Waals surface area contributed by atoms with Crippen molar-refractivity contribution in [2.24, 2.45) is 0 Å². The van der Waals surface area contributed by atoms with Gasteiger partial charge < -0.3 is 24.0 Å². The van der Waals surface area contributed by atoms with Gasteiger partial charge in [-0.2, -0.15) is 0 Å². The predicted octanol–water partition coefficient (Wildman–Crippen LogP) is -2.50. The van der Waals surface area contributed by atoms with Crippen molar-refractivity contribution in [1.82, 2.24) is 5.06 Å². The molecule has 0 aromatic heterocycles. The molecule has 0 aliphatic rings. The van der Waals surface area contributed by atoms with E-state index in [1.54, 1.807) is 7.05 Å². The van der Waals surface area contributed by atoms with Gasteiger partial charge >= 0.3 is 87.0 Å². The molecule has 5 heteroatoms. The van der Waals surface area contributed by atoms with Gasteiger partial charge in [0, 0.05) is 0 Å². The maximum Gasteiger partial charge on any atom is -1.00 e. The van der Waals surface area contributed by atoms with Crippen molar-refractivity contribution in [3.8, 4) is 0 Å². The Balaban J connectivity index is 0.00000169. The van der Waals surface area contributed by atoms with Crippen LogP contribution in [0.15, 0.2) is 24.3 Å². The average molecular weight is 356 g/mol. The normalized spacial score (nSPS) is 9.14. The largest absolute Gasteiger partial charge is 1.00 e. The number of carbonyl (C=O) groups excluding carboxylic acids is 1. The van der Waals surface area contributed by atoms with Gasteiger partial charge in [0.25, 0.3) is 0 Å². The van der Waals surface area contributed by atoms with Crippen molar-refractivity contribution < 1.29 is 51.9 Å². The summed E-state index contributed by atoms with van der Waals surface area (Å²) in [7, 11) is 3.06. The molecule has 0 N–H and O–H groups in total. The molecule has 72 valence electrons. The van der Waals surface area contributed by atoms with Crippen LogP contribution < -0.4 is 28.1 Å². The molecule has 0 unspecified atom stereocenters. The van der Waals surface area contributed by atoms with E-state index in [4.69, 9.17) is 4.84 Å². The second kappa shape index (κ2) is 6.48. The number of rotatable bonds is 2. The first kappa shape index (κ1) is 14.0. The van der Waals surface area contributed by atoms with E-state index in [-0.39, 0.29) is 29.9 Å². The molecule has 1 rings (SSSR count). The summed E-state index contributed by atoms with van der Waals surface area (Å²) in [4.78, 5) is 16.3. The minimum absolute atomic E-state index is 0. The van der Waals surface area contributed by atoms with Crippen LogP contribution >= 0.6 is 0 Å². The molecule has 0 spiro atoms. The van der Waals surface area contributed by atoms with Crippen molar-refractivity contribution in [1.29, 1.82) is 0 Å². The van der Waals surface area contributed by atoms with Gasteiger partial charge in [-0.15, -0.1) is 0 Å². The third kappa shape index (κ3) is 3.63.